The van der Waals surface area contributed by atoms with Gasteiger partial charge in [0.05, 0.1) is 0 Å². The van der Waals surface area contributed by atoms with E-state index in [4.69, 9.17) is 5.11 Å². The van der Waals surface area contributed by atoms with Gasteiger partial charge in [0.25, 0.3) is 0 Å². The third kappa shape index (κ3) is 2.69. The molecule has 1 heterocycles. The maximum atomic E-state index is 11.1. The highest BCUT2D eigenvalue weighted by Crippen LogP contribution is 2.13. The summed E-state index contributed by atoms with van der Waals surface area (Å²) in [7, 11) is 0. The Bertz CT molecular complexity index is 197. The first-order valence-electron chi connectivity index (χ1n) is 5.36. The van der Waals surface area contributed by atoms with Gasteiger partial charge in [-0.25, -0.2) is 0 Å². The van der Waals surface area contributed by atoms with Gasteiger partial charge in [0.1, 0.15) is 6.04 Å². The summed E-state index contributed by atoms with van der Waals surface area (Å²) in [5.41, 5.74) is 0. The Kier molecular flexibility index (Phi) is 4.35. The maximum absolute atomic E-state index is 11.1. The minimum atomic E-state index is -0.680. The van der Waals surface area contributed by atoms with Gasteiger partial charge in [0, 0.05) is 25.7 Å². The highest BCUT2D eigenvalue weighted by Gasteiger charge is 2.29. The first kappa shape index (κ1) is 11.5. The molecule has 0 amide bonds. The predicted molar refractivity (Wildman–Crippen MR) is 55.4 cm³/mol. The van der Waals surface area contributed by atoms with Gasteiger partial charge < -0.3 is 10.4 Å². The molecule has 82 valence electrons. The molecule has 1 aliphatic rings. The molecular formula is C10H20N2O2. The number of rotatable bonds is 4. The van der Waals surface area contributed by atoms with E-state index in [-0.39, 0.29) is 6.04 Å². The molecule has 0 aliphatic carbocycles. The molecule has 1 rings (SSSR count). The van der Waals surface area contributed by atoms with E-state index in [0.29, 0.717) is 6.04 Å². The van der Waals surface area contributed by atoms with Crippen molar-refractivity contribution in [3.05, 3.63) is 0 Å². The lowest BCUT2D eigenvalue weighted by Crippen LogP contribution is -2.56. The second kappa shape index (κ2) is 5.32. The molecule has 4 heteroatoms. The monoisotopic (exact) mass is 200 g/mol. The molecule has 1 saturated heterocycles. The van der Waals surface area contributed by atoms with E-state index < -0.39 is 5.97 Å². The fourth-order valence-corrected chi connectivity index (χ4v) is 2.02. The lowest BCUT2D eigenvalue weighted by Gasteiger charge is -2.37. The van der Waals surface area contributed by atoms with Crippen LogP contribution in [0.4, 0.5) is 0 Å². The summed E-state index contributed by atoms with van der Waals surface area (Å²) in [5.74, 6) is -0.680. The number of aliphatic carboxylic acids is 1. The zero-order valence-corrected chi connectivity index (χ0v) is 8.99. The van der Waals surface area contributed by atoms with Gasteiger partial charge >= 0.3 is 5.97 Å². The normalized spacial score (nSPS) is 26.0. The van der Waals surface area contributed by atoms with Crippen molar-refractivity contribution in [3.8, 4) is 0 Å². The Morgan fingerprint density at radius 3 is 2.93 bits per heavy atom. The number of carbonyl (C=O) groups is 1. The molecule has 0 saturated carbocycles. The minimum absolute atomic E-state index is 0.294. The number of carboxylic acids is 1. The SMILES string of the molecule is CCCC(C(=O)O)N1CCNC[C@@H]1C. The van der Waals surface area contributed by atoms with Gasteiger partial charge in [-0.2, -0.15) is 0 Å². The van der Waals surface area contributed by atoms with Crippen LogP contribution < -0.4 is 5.32 Å². The van der Waals surface area contributed by atoms with E-state index in [1.807, 2.05) is 6.92 Å². The second-order valence-corrected chi connectivity index (χ2v) is 3.93. The maximum Gasteiger partial charge on any atom is 0.320 e. The second-order valence-electron chi connectivity index (χ2n) is 3.93. The van der Waals surface area contributed by atoms with Crippen LogP contribution >= 0.6 is 0 Å². The Morgan fingerprint density at radius 2 is 2.43 bits per heavy atom. The average Bonchev–Trinajstić information content (AvgIpc) is 2.15. The van der Waals surface area contributed by atoms with Crippen molar-refractivity contribution in [1.29, 1.82) is 0 Å². The zero-order valence-electron chi connectivity index (χ0n) is 8.99. The summed E-state index contributed by atoms with van der Waals surface area (Å²) in [6.07, 6.45) is 1.67. The fourth-order valence-electron chi connectivity index (χ4n) is 2.02. The van der Waals surface area contributed by atoms with Crippen LogP contribution in [0.25, 0.3) is 0 Å². The molecule has 2 atom stereocenters. The largest absolute Gasteiger partial charge is 0.480 e. The van der Waals surface area contributed by atoms with Crippen molar-refractivity contribution in [3.63, 3.8) is 0 Å². The molecule has 0 bridgehead atoms. The van der Waals surface area contributed by atoms with Crippen molar-refractivity contribution in [1.82, 2.24) is 10.2 Å². The van der Waals surface area contributed by atoms with Crippen LogP contribution in [-0.2, 0) is 4.79 Å². The first-order valence-corrected chi connectivity index (χ1v) is 5.36. The minimum Gasteiger partial charge on any atom is -0.480 e. The molecule has 0 aromatic heterocycles. The molecule has 14 heavy (non-hydrogen) atoms. The zero-order chi connectivity index (χ0) is 10.6. The van der Waals surface area contributed by atoms with Gasteiger partial charge in [-0.05, 0) is 13.3 Å². The molecule has 1 unspecified atom stereocenters. The fraction of sp³-hybridized carbons (Fsp3) is 0.900. The van der Waals surface area contributed by atoms with Crippen LogP contribution in [0.15, 0.2) is 0 Å². The van der Waals surface area contributed by atoms with Gasteiger partial charge in [0.2, 0.25) is 0 Å². The number of hydrogen-bond acceptors (Lipinski definition) is 3. The Balaban J connectivity index is 2.60. The van der Waals surface area contributed by atoms with E-state index in [1.54, 1.807) is 0 Å². The summed E-state index contributed by atoms with van der Waals surface area (Å²) in [6.45, 7) is 6.75. The Hall–Kier alpha value is -0.610. The van der Waals surface area contributed by atoms with Gasteiger partial charge in [-0.3, -0.25) is 9.69 Å². The summed E-state index contributed by atoms with van der Waals surface area (Å²) >= 11 is 0. The molecule has 1 aliphatic heterocycles. The van der Waals surface area contributed by atoms with E-state index in [2.05, 4.69) is 17.1 Å². The molecule has 0 aromatic carbocycles. The Labute approximate surface area is 85.3 Å². The van der Waals surface area contributed by atoms with E-state index in [9.17, 15) is 4.79 Å². The van der Waals surface area contributed by atoms with Gasteiger partial charge in [0.15, 0.2) is 0 Å². The van der Waals surface area contributed by atoms with Crippen molar-refractivity contribution >= 4 is 5.97 Å². The van der Waals surface area contributed by atoms with Crippen LogP contribution in [-0.4, -0.2) is 47.7 Å². The molecule has 0 radical (unpaired) electrons. The summed E-state index contributed by atoms with van der Waals surface area (Å²) in [4.78, 5) is 13.2. The molecule has 4 nitrogen and oxygen atoms in total. The van der Waals surface area contributed by atoms with Crippen molar-refractivity contribution in [2.45, 2.75) is 38.8 Å². The number of nitrogens with zero attached hydrogens (tertiary/aromatic N) is 1. The van der Waals surface area contributed by atoms with Crippen LogP contribution in [0.3, 0.4) is 0 Å². The summed E-state index contributed by atoms with van der Waals surface area (Å²) in [5, 5.41) is 12.4. The van der Waals surface area contributed by atoms with Crippen molar-refractivity contribution in [2.24, 2.45) is 0 Å². The molecule has 2 N–H and O–H groups in total. The molecule has 0 spiro atoms. The van der Waals surface area contributed by atoms with Gasteiger partial charge in [-0.15, -0.1) is 0 Å². The molecule has 1 fully saturated rings. The lowest BCUT2D eigenvalue weighted by molar-refractivity contribution is -0.144. The third-order valence-corrected chi connectivity index (χ3v) is 2.80. The van der Waals surface area contributed by atoms with Crippen LogP contribution in [0, 0.1) is 0 Å². The summed E-state index contributed by atoms with van der Waals surface area (Å²) < 4.78 is 0. The van der Waals surface area contributed by atoms with Crippen LogP contribution in [0.2, 0.25) is 0 Å². The predicted octanol–water partition coefficient (Wildman–Crippen LogP) is 0.533. The quantitative estimate of drug-likeness (QED) is 0.695. The standard InChI is InChI=1S/C10H20N2O2/c1-3-4-9(10(13)14)12-6-5-11-7-8(12)2/h8-9,11H,3-7H2,1-2H3,(H,13,14)/t8-,9?/m0/s1. The average molecular weight is 200 g/mol. The molecule has 0 aromatic rings. The van der Waals surface area contributed by atoms with Gasteiger partial charge in [-0.1, -0.05) is 13.3 Å². The Morgan fingerprint density at radius 1 is 1.71 bits per heavy atom. The summed E-state index contributed by atoms with van der Waals surface area (Å²) in [6, 6.07) is 0.0356. The number of nitrogens with one attached hydrogen (secondary N) is 1. The topological polar surface area (TPSA) is 52.6 Å². The smallest absolute Gasteiger partial charge is 0.320 e. The highest BCUT2D eigenvalue weighted by molar-refractivity contribution is 5.73. The molecular weight excluding hydrogens is 180 g/mol. The highest BCUT2D eigenvalue weighted by atomic mass is 16.4. The number of piperazine rings is 1. The van der Waals surface area contributed by atoms with E-state index >= 15 is 0 Å². The van der Waals surface area contributed by atoms with Crippen molar-refractivity contribution in [2.75, 3.05) is 19.6 Å². The number of hydrogen-bond donors (Lipinski definition) is 2. The van der Waals surface area contributed by atoms with Crippen LogP contribution in [0.5, 0.6) is 0 Å². The van der Waals surface area contributed by atoms with Crippen LogP contribution in [0.1, 0.15) is 26.7 Å². The van der Waals surface area contributed by atoms with E-state index in [0.717, 1.165) is 32.5 Å². The first-order chi connectivity index (χ1) is 6.66. The van der Waals surface area contributed by atoms with E-state index in [1.165, 1.54) is 0 Å². The van der Waals surface area contributed by atoms with Crippen molar-refractivity contribution < 1.29 is 9.90 Å². The lowest BCUT2D eigenvalue weighted by atomic mass is 10.1. The third-order valence-electron chi connectivity index (χ3n) is 2.80. The number of carboxylic acid groups (broad SMARTS) is 1.